The molecule has 0 aliphatic heterocycles. The summed E-state index contributed by atoms with van der Waals surface area (Å²) in [5.41, 5.74) is 6.23. The van der Waals surface area contributed by atoms with E-state index >= 15 is 0 Å². The topological polar surface area (TPSA) is 0 Å². The Kier molecular flexibility index (Phi) is 6.49. The predicted molar refractivity (Wildman–Crippen MR) is 99.9 cm³/mol. The summed E-state index contributed by atoms with van der Waals surface area (Å²) in [5.74, 6) is 0. The monoisotopic (exact) mass is 296 g/mol. The molecule has 0 aromatic heterocycles. The first-order chi connectivity index (χ1) is 10.7. The minimum atomic E-state index is 1.20. The van der Waals surface area contributed by atoms with Crippen molar-refractivity contribution >= 4 is 10.8 Å². The standard InChI is InChI=1S/C22H32/c1-5-9-17-13-20(12-8-4)22-16-19(11-7-3)18(10-6-2)15-21(22)14-17/h13-16H,5-12H2,1-4H3. The molecule has 22 heavy (non-hydrogen) atoms. The lowest BCUT2D eigenvalue weighted by molar-refractivity contribution is 0.862. The maximum absolute atomic E-state index is 2.50. The molecule has 0 radical (unpaired) electrons. The number of benzene rings is 2. The first-order valence-electron chi connectivity index (χ1n) is 9.30. The smallest absolute Gasteiger partial charge is 0.0149 e. The average molecular weight is 296 g/mol. The summed E-state index contributed by atoms with van der Waals surface area (Å²) in [7, 11) is 0. The van der Waals surface area contributed by atoms with Gasteiger partial charge in [-0.2, -0.15) is 0 Å². The molecule has 120 valence electrons. The largest absolute Gasteiger partial charge is 0.0651 e. The summed E-state index contributed by atoms with van der Waals surface area (Å²) >= 11 is 0. The number of fused-ring (bicyclic) bond motifs is 1. The predicted octanol–water partition coefficient (Wildman–Crippen LogP) is 6.65. The molecule has 0 atom stereocenters. The summed E-state index contributed by atoms with van der Waals surface area (Å²) < 4.78 is 0. The van der Waals surface area contributed by atoms with E-state index in [1.54, 1.807) is 16.7 Å². The lowest BCUT2D eigenvalue weighted by Gasteiger charge is -2.15. The Labute approximate surface area is 136 Å². The van der Waals surface area contributed by atoms with Gasteiger partial charge in [-0.25, -0.2) is 0 Å². The van der Waals surface area contributed by atoms with Crippen LogP contribution in [0.15, 0.2) is 24.3 Å². The molecule has 0 aliphatic rings. The van der Waals surface area contributed by atoms with Gasteiger partial charge in [-0.05, 0) is 58.7 Å². The Morgan fingerprint density at radius 3 is 1.68 bits per heavy atom. The highest BCUT2D eigenvalue weighted by molar-refractivity contribution is 5.88. The Balaban J connectivity index is 2.60. The minimum absolute atomic E-state index is 1.20. The first kappa shape index (κ1) is 17.1. The van der Waals surface area contributed by atoms with Crippen LogP contribution in [-0.4, -0.2) is 0 Å². The minimum Gasteiger partial charge on any atom is -0.0651 e. The van der Waals surface area contributed by atoms with Crippen LogP contribution in [0.1, 0.15) is 75.6 Å². The van der Waals surface area contributed by atoms with Gasteiger partial charge in [0.1, 0.15) is 0 Å². The lowest BCUT2D eigenvalue weighted by Crippen LogP contribution is -1.98. The molecule has 0 unspecified atom stereocenters. The maximum Gasteiger partial charge on any atom is -0.0149 e. The normalized spacial score (nSPS) is 11.3. The Morgan fingerprint density at radius 2 is 1.09 bits per heavy atom. The van der Waals surface area contributed by atoms with Gasteiger partial charge >= 0.3 is 0 Å². The van der Waals surface area contributed by atoms with Crippen molar-refractivity contribution in [1.82, 2.24) is 0 Å². The summed E-state index contributed by atoms with van der Waals surface area (Å²) in [4.78, 5) is 0. The summed E-state index contributed by atoms with van der Waals surface area (Å²) in [6.45, 7) is 9.14. The molecule has 0 nitrogen and oxygen atoms in total. The molecule has 0 N–H and O–H groups in total. The van der Waals surface area contributed by atoms with E-state index in [-0.39, 0.29) is 0 Å². The van der Waals surface area contributed by atoms with Crippen molar-refractivity contribution in [3.63, 3.8) is 0 Å². The van der Waals surface area contributed by atoms with Gasteiger partial charge in [0.25, 0.3) is 0 Å². The molecule has 2 aromatic rings. The third-order valence-electron chi connectivity index (χ3n) is 4.51. The highest BCUT2D eigenvalue weighted by atomic mass is 14.1. The highest BCUT2D eigenvalue weighted by Crippen LogP contribution is 2.28. The zero-order valence-electron chi connectivity index (χ0n) is 15.0. The van der Waals surface area contributed by atoms with E-state index in [9.17, 15) is 0 Å². The van der Waals surface area contributed by atoms with Crippen molar-refractivity contribution in [2.75, 3.05) is 0 Å². The van der Waals surface area contributed by atoms with Crippen LogP contribution in [0.4, 0.5) is 0 Å². The van der Waals surface area contributed by atoms with Gasteiger partial charge in [0.2, 0.25) is 0 Å². The van der Waals surface area contributed by atoms with Crippen LogP contribution in [0.5, 0.6) is 0 Å². The van der Waals surface area contributed by atoms with Crippen molar-refractivity contribution in [1.29, 1.82) is 0 Å². The molecule has 2 rings (SSSR count). The van der Waals surface area contributed by atoms with Crippen LogP contribution in [0.25, 0.3) is 10.8 Å². The zero-order valence-corrected chi connectivity index (χ0v) is 15.0. The molecule has 0 saturated carbocycles. The second kappa shape index (κ2) is 8.36. The highest BCUT2D eigenvalue weighted by Gasteiger charge is 2.09. The van der Waals surface area contributed by atoms with E-state index in [1.807, 2.05) is 0 Å². The van der Waals surface area contributed by atoms with Gasteiger partial charge < -0.3 is 0 Å². The molecule has 2 aromatic carbocycles. The molecule has 0 amide bonds. The van der Waals surface area contributed by atoms with Gasteiger partial charge in [-0.1, -0.05) is 77.6 Å². The summed E-state index contributed by atoms with van der Waals surface area (Å²) in [6, 6.07) is 9.89. The lowest BCUT2D eigenvalue weighted by atomic mass is 9.90. The third kappa shape index (κ3) is 3.91. The molecule has 0 bridgehead atoms. The van der Waals surface area contributed by atoms with Gasteiger partial charge in [-0.15, -0.1) is 0 Å². The van der Waals surface area contributed by atoms with Gasteiger partial charge in [-0.3, -0.25) is 0 Å². The molecule has 0 heterocycles. The Bertz CT molecular complexity index is 607. The third-order valence-corrected chi connectivity index (χ3v) is 4.51. The number of hydrogen-bond donors (Lipinski definition) is 0. The van der Waals surface area contributed by atoms with Crippen LogP contribution < -0.4 is 0 Å². The van der Waals surface area contributed by atoms with Crippen molar-refractivity contribution < 1.29 is 0 Å². The fourth-order valence-corrected chi connectivity index (χ4v) is 3.56. The fraction of sp³-hybridized carbons (Fsp3) is 0.545. The van der Waals surface area contributed by atoms with Crippen molar-refractivity contribution in [3.8, 4) is 0 Å². The molecule has 0 heteroatoms. The second-order valence-corrected chi connectivity index (χ2v) is 6.60. The zero-order chi connectivity index (χ0) is 15.9. The van der Waals surface area contributed by atoms with Crippen LogP contribution in [0.3, 0.4) is 0 Å². The van der Waals surface area contributed by atoms with Crippen molar-refractivity contribution in [3.05, 3.63) is 46.5 Å². The van der Waals surface area contributed by atoms with E-state index in [4.69, 9.17) is 0 Å². The number of rotatable bonds is 8. The molecular formula is C22H32. The SMILES string of the molecule is CCCc1cc(CCC)c2cc(CCC)c(CCC)cc2c1. The molecule has 0 fully saturated rings. The average Bonchev–Trinajstić information content (AvgIpc) is 2.49. The quantitative estimate of drug-likeness (QED) is 0.511. The molecule has 0 spiro atoms. The van der Waals surface area contributed by atoms with E-state index < -0.39 is 0 Å². The Hall–Kier alpha value is -1.30. The van der Waals surface area contributed by atoms with E-state index in [0.29, 0.717) is 0 Å². The molecule has 0 aliphatic carbocycles. The maximum atomic E-state index is 2.50. The first-order valence-corrected chi connectivity index (χ1v) is 9.30. The van der Waals surface area contributed by atoms with Gasteiger partial charge in [0, 0.05) is 0 Å². The van der Waals surface area contributed by atoms with Crippen LogP contribution in [0.2, 0.25) is 0 Å². The van der Waals surface area contributed by atoms with E-state index in [0.717, 1.165) is 0 Å². The molecular weight excluding hydrogens is 264 g/mol. The summed E-state index contributed by atoms with van der Waals surface area (Å²) in [5, 5.41) is 2.97. The van der Waals surface area contributed by atoms with Gasteiger partial charge in [0.05, 0.1) is 0 Å². The second-order valence-electron chi connectivity index (χ2n) is 6.60. The Morgan fingerprint density at radius 1 is 0.545 bits per heavy atom. The van der Waals surface area contributed by atoms with Crippen LogP contribution >= 0.6 is 0 Å². The van der Waals surface area contributed by atoms with Crippen molar-refractivity contribution in [2.45, 2.75) is 79.1 Å². The number of aryl methyl sites for hydroxylation is 4. The van der Waals surface area contributed by atoms with Crippen LogP contribution in [0, 0.1) is 0 Å². The number of hydrogen-bond acceptors (Lipinski definition) is 0. The van der Waals surface area contributed by atoms with Crippen molar-refractivity contribution in [2.24, 2.45) is 0 Å². The molecule has 0 saturated heterocycles. The van der Waals surface area contributed by atoms with Crippen LogP contribution in [-0.2, 0) is 25.7 Å². The van der Waals surface area contributed by atoms with Gasteiger partial charge in [0.15, 0.2) is 0 Å². The summed E-state index contributed by atoms with van der Waals surface area (Å²) in [6.07, 6.45) is 9.76. The fourth-order valence-electron chi connectivity index (χ4n) is 3.56. The van der Waals surface area contributed by atoms with E-state index in [2.05, 4.69) is 52.0 Å². The van der Waals surface area contributed by atoms with E-state index in [1.165, 1.54) is 67.7 Å².